The van der Waals surface area contributed by atoms with Crippen molar-refractivity contribution in [3.05, 3.63) is 101 Å². The Morgan fingerprint density at radius 1 is 0.736 bits per heavy atom. The predicted octanol–water partition coefficient (Wildman–Crippen LogP) is 11.3. The molecular weight excluding hydrogens is 1200 g/mol. The Labute approximate surface area is 536 Å². The van der Waals surface area contributed by atoms with Crippen molar-refractivity contribution in [3.63, 3.8) is 0 Å². The van der Waals surface area contributed by atoms with E-state index in [9.17, 15) is 33.9 Å². The minimum atomic E-state index is -2.71. The van der Waals surface area contributed by atoms with Gasteiger partial charge in [0.2, 0.25) is 5.91 Å². The number of nitrogens with one attached hydrogen (secondary N) is 3. The van der Waals surface area contributed by atoms with Crippen LogP contribution in [0, 0.1) is 5.92 Å². The summed E-state index contributed by atoms with van der Waals surface area (Å²) >= 11 is 0. The van der Waals surface area contributed by atoms with E-state index >= 15 is 4.79 Å². The van der Waals surface area contributed by atoms with Gasteiger partial charge >= 0.3 is 18.2 Å². The van der Waals surface area contributed by atoms with Gasteiger partial charge in [-0.2, -0.15) is 0 Å². The zero-order valence-corrected chi connectivity index (χ0v) is 57.8. The molecule has 5 amide bonds. The molecule has 0 saturated heterocycles. The van der Waals surface area contributed by atoms with Crippen LogP contribution < -0.4 is 44.9 Å². The van der Waals surface area contributed by atoms with E-state index in [4.69, 9.17) is 37.3 Å². The zero-order valence-electron chi connectivity index (χ0n) is 55.8. The Morgan fingerprint density at radius 3 is 1.82 bits per heavy atom. The van der Waals surface area contributed by atoms with Gasteiger partial charge in [-0.15, -0.1) is 0 Å². The first-order valence-corrected chi connectivity index (χ1v) is 36.7. The predicted molar refractivity (Wildman–Crippen MR) is 351 cm³/mol. The van der Waals surface area contributed by atoms with Crippen molar-refractivity contribution < 1.29 is 75.9 Å². The number of ether oxygens (including phenoxy) is 6. The normalized spacial score (nSPS) is 18.9. The number of rotatable bonds is 26. The first kappa shape index (κ1) is 70.7. The number of hydrogen-bond acceptors (Lipinski definition) is 17. The summed E-state index contributed by atoms with van der Waals surface area (Å²) in [6.07, 6.45) is 3.61. The van der Waals surface area contributed by atoms with Crippen molar-refractivity contribution in [2.45, 2.75) is 181 Å². The van der Waals surface area contributed by atoms with Crippen LogP contribution in [0.25, 0.3) is 0 Å². The smallest absolute Gasteiger partial charge is 0.416 e. The van der Waals surface area contributed by atoms with Crippen molar-refractivity contribution in [1.29, 1.82) is 0 Å². The highest BCUT2D eigenvalue weighted by Crippen LogP contribution is 2.47. The van der Waals surface area contributed by atoms with Crippen molar-refractivity contribution in [3.8, 4) is 23.0 Å². The fourth-order valence-corrected chi connectivity index (χ4v) is 13.0. The number of methoxy groups -OCH3 is 2. The summed E-state index contributed by atoms with van der Waals surface area (Å²) in [5, 5.41) is 12.8. The second kappa shape index (κ2) is 28.8. The van der Waals surface area contributed by atoms with Gasteiger partial charge in [-0.25, -0.2) is 24.7 Å². The number of carboxylic acid groups (broad SMARTS) is 1. The molecule has 6 atom stereocenters. The molecule has 25 heteroatoms. The van der Waals surface area contributed by atoms with E-state index in [-0.39, 0.29) is 100 Å². The van der Waals surface area contributed by atoms with Gasteiger partial charge in [-0.3, -0.25) is 24.1 Å². The minimum Gasteiger partial charge on any atom is -0.493 e. The highest BCUT2D eigenvalue weighted by Gasteiger charge is 2.52. The number of carbonyl (C=O) groups excluding carboxylic acids is 6. The third kappa shape index (κ3) is 16.0. The van der Waals surface area contributed by atoms with Crippen molar-refractivity contribution >= 4 is 75.4 Å². The largest absolute Gasteiger partial charge is 0.493 e. The highest BCUT2D eigenvalue weighted by molar-refractivity contribution is 6.74. The van der Waals surface area contributed by atoms with Crippen LogP contribution in [0.1, 0.15) is 128 Å². The molecule has 0 fully saturated rings. The number of carbonyl (C=O) groups is 7. The minimum absolute atomic E-state index is 0.0175. The molecule has 5 unspecified atom stereocenters. The van der Waals surface area contributed by atoms with E-state index in [2.05, 4.69) is 90.5 Å². The number of esters is 1. The van der Waals surface area contributed by atoms with Gasteiger partial charge in [-0.05, 0) is 124 Å². The molecule has 4 aliphatic heterocycles. The van der Waals surface area contributed by atoms with E-state index in [0.29, 0.717) is 36.9 Å². The van der Waals surface area contributed by atoms with Crippen LogP contribution >= 0.6 is 0 Å². The number of ketones is 1. The lowest BCUT2D eigenvalue weighted by Crippen LogP contribution is -2.57. The van der Waals surface area contributed by atoms with Crippen LogP contribution in [-0.4, -0.2) is 150 Å². The quantitative estimate of drug-likeness (QED) is 0.0145. The van der Waals surface area contributed by atoms with Crippen LogP contribution in [-0.2, 0) is 39.3 Å². The average Bonchev–Trinajstić information content (AvgIpc) is 1.63. The fourth-order valence-electron chi connectivity index (χ4n) is 10.5. The molecule has 496 valence electrons. The van der Waals surface area contributed by atoms with Gasteiger partial charge in [0.05, 0.1) is 74.7 Å². The standard InChI is InChI=1S/C66H93N7O16Si2/c1-19-27-86-62(78)56(74)55(39(2)3)67-58(75)42(6)68-69-44-25-23-43(24-26-44)38-87-64(81)73-48-34-54(52(83-14)32-46(48)60(77)70-35-40(4)30-49(70)61(73)89-91(17,18)66(10,11)12)85-29-22-20-21-28-84-53-33-47-45(31-51(53)82-13)59(76)71-36-41(5)57(50(71)37-72(47)63(79)80)88-90(15,16)65(7,8)9/h19,23-26,31-36,39,42,49-50,55,57,61,68-69H,1,20-22,27-30,37-38H2,2-18H3,(H,67,75)(H,79,80)/t42?,49?,50?,55?,57?,61-/m0/s1. The van der Waals surface area contributed by atoms with Gasteiger partial charge in [0, 0.05) is 30.2 Å². The van der Waals surface area contributed by atoms with Crippen LogP contribution in [0.15, 0.2) is 84.7 Å². The van der Waals surface area contributed by atoms with E-state index in [1.807, 2.05) is 13.8 Å². The third-order valence-electron chi connectivity index (χ3n) is 17.8. The van der Waals surface area contributed by atoms with Gasteiger partial charge in [-0.1, -0.05) is 85.8 Å². The van der Waals surface area contributed by atoms with Crippen molar-refractivity contribution in [1.82, 2.24) is 20.5 Å². The molecule has 0 aliphatic carbocycles. The Kier molecular flexibility index (Phi) is 22.4. The fraction of sp³-hybridized carbons (Fsp3) is 0.530. The number of unbranched alkanes of at least 4 members (excludes halogenated alkanes) is 2. The summed E-state index contributed by atoms with van der Waals surface area (Å²) in [6, 6.07) is 10.1. The zero-order chi connectivity index (χ0) is 67.2. The lowest BCUT2D eigenvalue weighted by atomic mass is 9.99. The molecular formula is C66H93N7O16Si2. The SMILES string of the molecule is C=CCOC(=O)C(=O)C(NC(=O)C(C)NNc1ccc(COC(=O)N2c3cc(OCCCCCOc4cc5c(cc4OC)C(=O)N4C=C(C)C(O[Si](C)(C)C(C)(C)C)C4CN5C(=O)O)c(OC)cc3C(=O)N3C=C(C)CC3[C@@H]2O[Si](C)(C)C(C)(C)C)cc1)C(C)C. The Morgan fingerprint density at radius 2 is 1.29 bits per heavy atom. The molecule has 4 heterocycles. The van der Waals surface area contributed by atoms with E-state index in [1.54, 1.807) is 85.4 Å². The molecule has 0 spiro atoms. The highest BCUT2D eigenvalue weighted by atomic mass is 28.4. The molecule has 0 aromatic heterocycles. The Hall–Kier alpha value is -7.72. The number of Topliss-reactive ketones (excluding diaryl/α,β-unsaturated/α-hetero) is 1. The molecule has 4 aliphatic rings. The molecule has 0 radical (unpaired) electrons. The van der Waals surface area contributed by atoms with E-state index in [0.717, 1.165) is 11.1 Å². The lowest BCUT2D eigenvalue weighted by molar-refractivity contribution is -0.154. The second-order valence-corrected chi connectivity index (χ2v) is 36.5. The molecule has 91 heavy (non-hydrogen) atoms. The molecule has 7 rings (SSSR count). The van der Waals surface area contributed by atoms with Crippen molar-refractivity contribution in [2.75, 3.05) is 55.8 Å². The monoisotopic (exact) mass is 1300 g/mol. The molecule has 0 bridgehead atoms. The Bertz CT molecular complexity index is 3300. The molecule has 0 saturated carbocycles. The van der Waals surface area contributed by atoms with Crippen LogP contribution in [0.4, 0.5) is 26.7 Å². The number of nitrogens with zero attached hydrogens (tertiary/aromatic N) is 4. The van der Waals surface area contributed by atoms with E-state index < -0.39 is 88.9 Å². The summed E-state index contributed by atoms with van der Waals surface area (Å²) in [5.41, 5.74) is 9.61. The topological polar surface area (TPSA) is 263 Å². The Balaban J connectivity index is 1.05. The summed E-state index contributed by atoms with van der Waals surface area (Å²) in [6.45, 7) is 33.6. The molecule has 23 nitrogen and oxygen atoms in total. The maximum atomic E-state index is 15.0. The van der Waals surface area contributed by atoms with Gasteiger partial charge in [0.1, 0.15) is 25.3 Å². The number of benzene rings is 3. The van der Waals surface area contributed by atoms with Crippen LogP contribution in [0.5, 0.6) is 23.0 Å². The van der Waals surface area contributed by atoms with Crippen LogP contribution in [0.3, 0.4) is 0 Å². The number of anilines is 3. The molecule has 3 aromatic rings. The number of hydrazine groups is 1. The number of amides is 5. The van der Waals surface area contributed by atoms with Gasteiger partial charge in [0.25, 0.3) is 17.6 Å². The van der Waals surface area contributed by atoms with E-state index in [1.165, 1.54) is 36.2 Å². The first-order chi connectivity index (χ1) is 42.6. The van der Waals surface area contributed by atoms with Gasteiger partial charge in [0.15, 0.2) is 45.9 Å². The van der Waals surface area contributed by atoms with Crippen molar-refractivity contribution in [2.24, 2.45) is 5.92 Å². The molecule has 3 aromatic carbocycles. The number of hydrogen-bond donors (Lipinski definition) is 4. The summed E-state index contributed by atoms with van der Waals surface area (Å²) in [4.78, 5) is 101. The van der Waals surface area contributed by atoms with Gasteiger partial charge < -0.3 is 62.9 Å². The summed E-state index contributed by atoms with van der Waals surface area (Å²) in [5.74, 6) is -2.49. The maximum Gasteiger partial charge on any atom is 0.416 e. The van der Waals surface area contributed by atoms with Crippen LogP contribution in [0.2, 0.25) is 36.3 Å². The lowest BCUT2D eigenvalue weighted by Gasteiger charge is -2.44. The molecule has 4 N–H and O–H groups in total. The average molecular weight is 1300 g/mol. The summed E-state index contributed by atoms with van der Waals surface area (Å²) < 4.78 is 49.4. The third-order valence-corrected chi connectivity index (χ3v) is 26.7. The second-order valence-electron chi connectivity index (χ2n) is 27.0. The first-order valence-electron chi connectivity index (χ1n) is 30.9. The summed E-state index contributed by atoms with van der Waals surface area (Å²) in [7, 11) is -2.11. The number of fused-ring (bicyclic) bond motifs is 4. The maximum absolute atomic E-state index is 15.0.